The smallest absolute Gasteiger partial charge is 0.296 e. The van der Waals surface area contributed by atoms with Crippen molar-refractivity contribution in [2.45, 2.75) is 27.7 Å². The maximum Gasteiger partial charge on any atom is 0.296 e. The van der Waals surface area contributed by atoms with E-state index in [1.807, 2.05) is 93.0 Å². The lowest BCUT2D eigenvalue weighted by molar-refractivity contribution is -0.114. The van der Waals surface area contributed by atoms with Crippen LogP contribution in [0, 0.1) is 20.8 Å². The Labute approximate surface area is 198 Å². The lowest BCUT2D eigenvalue weighted by atomic mass is 9.99. The fourth-order valence-corrected chi connectivity index (χ4v) is 4.59. The molecule has 1 heterocycles. The van der Waals surface area contributed by atoms with Crippen LogP contribution in [0.25, 0.3) is 22.2 Å². The van der Waals surface area contributed by atoms with E-state index in [1.54, 1.807) is 0 Å². The number of aromatic nitrogens is 1. The maximum absolute atomic E-state index is 13.6. The third kappa shape index (κ3) is 3.99. The number of anilines is 2. The summed E-state index contributed by atoms with van der Waals surface area (Å²) in [6.07, 6.45) is 0. The molecule has 2 N–H and O–H groups in total. The first-order valence-corrected chi connectivity index (χ1v) is 11.1. The molecule has 0 saturated heterocycles. The van der Waals surface area contributed by atoms with Gasteiger partial charge in [0.2, 0.25) is 5.91 Å². The lowest BCUT2D eigenvalue weighted by Gasteiger charge is -2.18. The van der Waals surface area contributed by atoms with Crippen LogP contribution in [0.1, 0.15) is 34.0 Å². The van der Waals surface area contributed by atoms with Gasteiger partial charge in [0, 0.05) is 36.2 Å². The Morgan fingerprint density at radius 3 is 2.03 bits per heavy atom. The van der Waals surface area contributed by atoms with Gasteiger partial charge in [-0.3, -0.25) is 14.4 Å². The van der Waals surface area contributed by atoms with Crippen molar-refractivity contribution in [3.05, 3.63) is 82.9 Å². The van der Waals surface area contributed by atoms with E-state index >= 15 is 0 Å². The zero-order valence-corrected chi connectivity index (χ0v) is 19.9. The molecule has 0 aliphatic rings. The summed E-state index contributed by atoms with van der Waals surface area (Å²) in [6, 6.07) is 19.0. The van der Waals surface area contributed by atoms with Crippen molar-refractivity contribution >= 4 is 39.9 Å². The molecule has 0 aliphatic carbocycles. The second-order valence-corrected chi connectivity index (χ2v) is 8.52. The number of hydrogen-bond acceptors (Lipinski definition) is 3. The summed E-state index contributed by atoms with van der Waals surface area (Å²) in [5.41, 5.74) is 6.34. The van der Waals surface area contributed by atoms with Crippen molar-refractivity contribution in [3.8, 4) is 11.3 Å². The highest BCUT2D eigenvalue weighted by atomic mass is 16.2. The van der Waals surface area contributed by atoms with Crippen LogP contribution in [-0.4, -0.2) is 22.2 Å². The van der Waals surface area contributed by atoms with Gasteiger partial charge in [-0.25, -0.2) is 0 Å². The van der Waals surface area contributed by atoms with Gasteiger partial charge in [-0.15, -0.1) is 0 Å². The SMILES string of the molecule is CC(=O)Nc1c(C)cc(C)c(NC(=O)C(=O)c2c(-c3ccccc3)n(C)c3ccccc23)c1C. The van der Waals surface area contributed by atoms with Crippen LogP contribution in [0.15, 0.2) is 60.7 Å². The number of aryl methyl sites for hydroxylation is 3. The molecule has 0 spiro atoms. The molecular formula is C28H27N3O3. The van der Waals surface area contributed by atoms with Gasteiger partial charge in [-0.2, -0.15) is 0 Å². The monoisotopic (exact) mass is 453 g/mol. The Hall–Kier alpha value is -4.19. The number of Topliss-reactive ketones (excluding diaryl/α,β-unsaturated/α-hetero) is 1. The molecule has 6 heteroatoms. The maximum atomic E-state index is 13.6. The number of hydrogen-bond donors (Lipinski definition) is 2. The normalized spacial score (nSPS) is 10.9. The molecule has 1 aromatic heterocycles. The van der Waals surface area contributed by atoms with E-state index in [9.17, 15) is 14.4 Å². The fourth-order valence-electron chi connectivity index (χ4n) is 4.59. The predicted octanol–water partition coefficient (Wildman–Crippen LogP) is 5.55. The molecule has 3 aromatic carbocycles. The van der Waals surface area contributed by atoms with Gasteiger partial charge >= 0.3 is 0 Å². The number of nitrogens with one attached hydrogen (secondary N) is 2. The Kier molecular flexibility index (Phi) is 6.07. The van der Waals surface area contributed by atoms with E-state index in [-0.39, 0.29) is 5.91 Å². The predicted molar refractivity (Wildman–Crippen MR) is 136 cm³/mol. The first kappa shape index (κ1) is 23.0. The summed E-state index contributed by atoms with van der Waals surface area (Å²) < 4.78 is 1.95. The highest BCUT2D eigenvalue weighted by Crippen LogP contribution is 2.35. The molecular weight excluding hydrogens is 426 g/mol. The first-order valence-electron chi connectivity index (χ1n) is 11.1. The Morgan fingerprint density at radius 1 is 0.794 bits per heavy atom. The topological polar surface area (TPSA) is 80.2 Å². The lowest BCUT2D eigenvalue weighted by Crippen LogP contribution is -2.25. The van der Waals surface area contributed by atoms with Crippen LogP contribution >= 0.6 is 0 Å². The summed E-state index contributed by atoms with van der Waals surface area (Å²) in [5.74, 6) is -1.54. The molecule has 0 unspecified atom stereocenters. The number of ketones is 1. The molecule has 0 bridgehead atoms. The van der Waals surface area contributed by atoms with Gasteiger partial charge < -0.3 is 15.2 Å². The minimum absolute atomic E-state index is 0.202. The second-order valence-electron chi connectivity index (χ2n) is 8.52. The van der Waals surface area contributed by atoms with E-state index in [1.165, 1.54) is 6.92 Å². The van der Waals surface area contributed by atoms with Crippen molar-refractivity contribution in [3.63, 3.8) is 0 Å². The Morgan fingerprint density at radius 2 is 1.38 bits per heavy atom. The van der Waals surface area contributed by atoms with Gasteiger partial charge in [0.1, 0.15) is 0 Å². The number of carbonyl (C=O) groups is 3. The number of nitrogens with zero attached hydrogens (tertiary/aromatic N) is 1. The van der Waals surface area contributed by atoms with Gasteiger partial charge in [0.05, 0.1) is 11.3 Å². The molecule has 4 aromatic rings. The fraction of sp³-hybridized carbons (Fsp3) is 0.179. The molecule has 4 rings (SSSR count). The molecule has 0 radical (unpaired) electrons. The van der Waals surface area contributed by atoms with Crippen molar-refractivity contribution in [2.75, 3.05) is 10.6 Å². The number of para-hydroxylation sites is 1. The van der Waals surface area contributed by atoms with Crippen molar-refractivity contribution in [1.29, 1.82) is 0 Å². The summed E-state index contributed by atoms with van der Waals surface area (Å²) in [5, 5.41) is 6.37. The van der Waals surface area contributed by atoms with Crippen molar-refractivity contribution < 1.29 is 14.4 Å². The molecule has 0 fully saturated rings. The zero-order valence-electron chi connectivity index (χ0n) is 19.9. The van der Waals surface area contributed by atoms with E-state index in [0.29, 0.717) is 28.2 Å². The van der Waals surface area contributed by atoms with Crippen LogP contribution in [-0.2, 0) is 16.6 Å². The second kappa shape index (κ2) is 8.98. The minimum Gasteiger partial charge on any atom is -0.343 e. The van der Waals surface area contributed by atoms with Crippen LogP contribution in [0.5, 0.6) is 0 Å². The zero-order chi connectivity index (χ0) is 24.6. The van der Waals surface area contributed by atoms with Crippen LogP contribution in [0.2, 0.25) is 0 Å². The quantitative estimate of drug-likeness (QED) is 0.307. The first-order chi connectivity index (χ1) is 16.2. The number of amides is 2. The van der Waals surface area contributed by atoms with Gasteiger partial charge in [0.25, 0.3) is 11.7 Å². The van der Waals surface area contributed by atoms with Crippen LogP contribution < -0.4 is 10.6 Å². The van der Waals surface area contributed by atoms with Gasteiger partial charge in [-0.05, 0) is 49.1 Å². The molecule has 172 valence electrons. The molecule has 2 amide bonds. The highest BCUT2D eigenvalue weighted by molar-refractivity contribution is 6.49. The Bertz CT molecular complexity index is 1450. The third-order valence-electron chi connectivity index (χ3n) is 6.10. The number of rotatable bonds is 5. The standard InChI is InChI=1S/C28H27N3O3/c1-16-15-17(2)25(18(3)24(16)29-19(4)32)30-28(34)27(33)23-21-13-9-10-14-22(21)31(5)26(23)20-11-7-6-8-12-20/h6-15H,1-5H3,(H,29,32)(H,30,34). The molecule has 0 atom stereocenters. The van der Waals surface area contributed by atoms with Crippen molar-refractivity contribution in [2.24, 2.45) is 7.05 Å². The Balaban J connectivity index is 1.81. The average Bonchev–Trinajstić information content (AvgIpc) is 3.11. The van der Waals surface area contributed by atoms with E-state index < -0.39 is 11.7 Å². The van der Waals surface area contributed by atoms with Gasteiger partial charge in [0.15, 0.2) is 0 Å². The summed E-state index contributed by atoms with van der Waals surface area (Å²) >= 11 is 0. The highest BCUT2D eigenvalue weighted by Gasteiger charge is 2.28. The molecule has 34 heavy (non-hydrogen) atoms. The van der Waals surface area contributed by atoms with Crippen LogP contribution in [0.4, 0.5) is 11.4 Å². The molecule has 6 nitrogen and oxygen atoms in total. The largest absolute Gasteiger partial charge is 0.343 e. The molecule has 0 saturated carbocycles. The number of fused-ring (bicyclic) bond motifs is 1. The van der Waals surface area contributed by atoms with E-state index in [4.69, 9.17) is 0 Å². The van der Waals surface area contributed by atoms with E-state index in [0.717, 1.165) is 27.6 Å². The summed E-state index contributed by atoms with van der Waals surface area (Å²) in [4.78, 5) is 38.6. The summed E-state index contributed by atoms with van der Waals surface area (Å²) in [7, 11) is 1.90. The number of benzene rings is 3. The summed E-state index contributed by atoms with van der Waals surface area (Å²) in [6.45, 7) is 7.01. The van der Waals surface area contributed by atoms with Crippen molar-refractivity contribution in [1.82, 2.24) is 4.57 Å². The van der Waals surface area contributed by atoms with Gasteiger partial charge in [-0.1, -0.05) is 54.6 Å². The molecule has 0 aliphatic heterocycles. The average molecular weight is 454 g/mol. The minimum atomic E-state index is -0.725. The van der Waals surface area contributed by atoms with E-state index in [2.05, 4.69) is 10.6 Å². The third-order valence-corrected chi connectivity index (χ3v) is 6.10. The van der Waals surface area contributed by atoms with Crippen LogP contribution in [0.3, 0.4) is 0 Å². The number of carbonyl (C=O) groups excluding carboxylic acids is 3.